The molecule has 0 aliphatic heterocycles. The Hall–Kier alpha value is -0.310. The number of rotatable bonds is 10. The summed E-state index contributed by atoms with van der Waals surface area (Å²) in [7, 11) is -3.43. The second kappa shape index (κ2) is 9.57. The van der Waals surface area contributed by atoms with Crippen molar-refractivity contribution in [2.45, 2.75) is 38.8 Å². The van der Waals surface area contributed by atoms with E-state index >= 15 is 0 Å². The number of aliphatic hydroxyl groups excluding tert-OH is 1. The summed E-state index contributed by atoms with van der Waals surface area (Å²) in [4.78, 5) is 12.0. The first kappa shape index (κ1) is 18.7. The number of carbonyl (C=O) groups excluding carboxylic acids is 1. The molecular weight excluding hydrogens is 288 g/mol. The summed E-state index contributed by atoms with van der Waals surface area (Å²) < 4.78 is 25.5. The predicted molar refractivity (Wildman–Crippen MR) is 78.7 cm³/mol. The first-order valence-corrected chi connectivity index (χ1v) is 9.34. The van der Waals surface area contributed by atoms with Gasteiger partial charge in [0.25, 0.3) is 0 Å². The van der Waals surface area contributed by atoms with Crippen LogP contribution in [-0.2, 0) is 14.8 Å². The second-order valence-electron chi connectivity index (χ2n) is 4.15. The first-order chi connectivity index (χ1) is 8.90. The Labute approximate surface area is 119 Å². The molecule has 0 saturated carbocycles. The van der Waals surface area contributed by atoms with Crippen LogP contribution in [0.4, 0.5) is 0 Å². The molecule has 3 N–H and O–H groups in total. The fourth-order valence-electron chi connectivity index (χ4n) is 1.36. The summed E-state index contributed by atoms with van der Waals surface area (Å²) in [5.74, 6) is 0.236. The molecule has 1 amide bonds. The lowest BCUT2D eigenvalue weighted by atomic mass is 10.2. The standard InChI is InChI=1S/C11H24N2O4S2/c1-4-9(8-14)12-11(15)10(6-7-18-3)13-19(16,17)5-2/h9-10,13-14H,4-8H2,1-3H3,(H,12,15)/t9-,10?/m1/s1. The molecule has 0 aromatic heterocycles. The number of sulfonamides is 1. The van der Waals surface area contributed by atoms with Crippen LogP contribution in [-0.4, -0.2) is 55.9 Å². The van der Waals surface area contributed by atoms with E-state index in [1.54, 1.807) is 11.8 Å². The van der Waals surface area contributed by atoms with Gasteiger partial charge in [-0.25, -0.2) is 13.1 Å². The van der Waals surface area contributed by atoms with Gasteiger partial charge in [0.1, 0.15) is 6.04 Å². The van der Waals surface area contributed by atoms with Crippen LogP contribution in [0.25, 0.3) is 0 Å². The van der Waals surface area contributed by atoms with Gasteiger partial charge < -0.3 is 10.4 Å². The summed E-state index contributed by atoms with van der Waals surface area (Å²) >= 11 is 1.55. The topological polar surface area (TPSA) is 95.5 Å². The molecule has 0 rings (SSSR count). The molecule has 0 fully saturated rings. The molecule has 0 saturated heterocycles. The van der Waals surface area contributed by atoms with Crippen molar-refractivity contribution >= 4 is 27.7 Å². The Morgan fingerprint density at radius 3 is 2.42 bits per heavy atom. The minimum atomic E-state index is -3.43. The SMILES string of the molecule is CC[C@H](CO)NC(=O)C(CCSC)NS(=O)(=O)CC. The summed E-state index contributed by atoms with van der Waals surface area (Å²) in [5, 5.41) is 11.7. The van der Waals surface area contributed by atoms with E-state index in [-0.39, 0.29) is 24.3 Å². The molecule has 0 aliphatic carbocycles. The highest BCUT2D eigenvalue weighted by atomic mass is 32.2. The van der Waals surface area contributed by atoms with Crippen molar-refractivity contribution in [2.75, 3.05) is 24.4 Å². The Balaban J connectivity index is 4.69. The molecule has 0 radical (unpaired) electrons. The quantitative estimate of drug-likeness (QED) is 0.525. The van der Waals surface area contributed by atoms with E-state index in [0.717, 1.165) is 0 Å². The van der Waals surface area contributed by atoms with Crippen molar-refractivity contribution in [1.82, 2.24) is 10.0 Å². The van der Waals surface area contributed by atoms with Crippen LogP contribution in [0.3, 0.4) is 0 Å². The van der Waals surface area contributed by atoms with Crippen LogP contribution in [0.5, 0.6) is 0 Å². The normalized spacial score (nSPS) is 14.9. The largest absolute Gasteiger partial charge is 0.394 e. The van der Waals surface area contributed by atoms with Crippen LogP contribution in [0.15, 0.2) is 0 Å². The summed E-state index contributed by atoms with van der Waals surface area (Å²) in [5.41, 5.74) is 0. The van der Waals surface area contributed by atoms with E-state index in [1.807, 2.05) is 13.2 Å². The number of carbonyl (C=O) groups is 1. The Bertz CT molecular complexity index is 356. The van der Waals surface area contributed by atoms with Gasteiger partial charge in [0.15, 0.2) is 0 Å². The molecule has 1 unspecified atom stereocenters. The maximum Gasteiger partial charge on any atom is 0.238 e. The van der Waals surface area contributed by atoms with Crippen molar-refractivity contribution < 1.29 is 18.3 Å². The smallest absolute Gasteiger partial charge is 0.238 e. The molecule has 0 spiro atoms. The molecule has 8 heteroatoms. The number of thioether (sulfide) groups is 1. The lowest BCUT2D eigenvalue weighted by Crippen LogP contribution is -2.50. The molecular formula is C11H24N2O4S2. The lowest BCUT2D eigenvalue weighted by molar-refractivity contribution is -0.123. The molecule has 0 aromatic carbocycles. The summed E-state index contributed by atoms with van der Waals surface area (Å²) in [6.07, 6.45) is 2.91. The number of hydrogen-bond acceptors (Lipinski definition) is 5. The third-order valence-electron chi connectivity index (χ3n) is 2.69. The maximum absolute atomic E-state index is 12.0. The summed E-state index contributed by atoms with van der Waals surface area (Å²) in [6, 6.07) is -1.12. The molecule has 0 aromatic rings. The average molecular weight is 312 g/mol. The number of hydrogen-bond donors (Lipinski definition) is 3. The molecule has 114 valence electrons. The fraction of sp³-hybridized carbons (Fsp3) is 0.909. The van der Waals surface area contributed by atoms with Gasteiger partial charge in [-0.2, -0.15) is 11.8 Å². The summed E-state index contributed by atoms with van der Waals surface area (Å²) in [6.45, 7) is 3.21. The molecule has 2 atom stereocenters. The molecule has 0 heterocycles. The number of amides is 1. The van der Waals surface area contributed by atoms with Crippen LogP contribution in [0.2, 0.25) is 0 Å². The van der Waals surface area contributed by atoms with Crippen LogP contribution >= 0.6 is 11.8 Å². The fourth-order valence-corrected chi connectivity index (χ4v) is 2.65. The molecule has 0 aliphatic rings. The molecule has 0 bridgehead atoms. The van der Waals surface area contributed by atoms with Gasteiger partial charge in [-0.3, -0.25) is 4.79 Å². The Morgan fingerprint density at radius 1 is 1.37 bits per heavy atom. The van der Waals surface area contributed by atoms with Crippen molar-refractivity contribution in [3.8, 4) is 0 Å². The number of aliphatic hydroxyl groups is 1. The van der Waals surface area contributed by atoms with Gasteiger partial charge >= 0.3 is 0 Å². The predicted octanol–water partition coefficient (Wildman–Crippen LogP) is -0.0655. The van der Waals surface area contributed by atoms with E-state index < -0.39 is 16.1 Å². The van der Waals surface area contributed by atoms with Crippen molar-refractivity contribution in [2.24, 2.45) is 0 Å². The van der Waals surface area contributed by atoms with E-state index in [0.29, 0.717) is 18.6 Å². The minimum absolute atomic E-state index is 0.0622. The van der Waals surface area contributed by atoms with E-state index in [9.17, 15) is 13.2 Å². The van der Waals surface area contributed by atoms with Gasteiger partial charge in [-0.15, -0.1) is 0 Å². The average Bonchev–Trinajstić information content (AvgIpc) is 2.40. The zero-order chi connectivity index (χ0) is 14.9. The van der Waals surface area contributed by atoms with Crippen LogP contribution < -0.4 is 10.0 Å². The van der Waals surface area contributed by atoms with Crippen LogP contribution in [0, 0.1) is 0 Å². The number of nitrogens with one attached hydrogen (secondary N) is 2. The van der Waals surface area contributed by atoms with Crippen LogP contribution in [0.1, 0.15) is 26.7 Å². The van der Waals surface area contributed by atoms with Gasteiger partial charge in [0.2, 0.25) is 15.9 Å². The Morgan fingerprint density at radius 2 is 2.00 bits per heavy atom. The van der Waals surface area contributed by atoms with Crippen molar-refractivity contribution in [3.05, 3.63) is 0 Å². The zero-order valence-electron chi connectivity index (χ0n) is 11.7. The Kier molecular flexibility index (Phi) is 9.42. The van der Waals surface area contributed by atoms with Gasteiger partial charge in [0.05, 0.1) is 18.4 Å². The highest BCUT2D eigenvalue weighted by Crippen LogP contribution is 2.04. The van der Waals surface area contributed by atoms with E-state index in [4.69, 9.17) is 5.11 Å². The highest BCUT2D eigenvalue weighted by Gasteiger charge is 2.24. The molecule has 6 nitrogen and oxygen atoms in total. The van der Waals surface area contributed by atoms with E-state index in [2.05, 4.69) is 10.0 Å². The zero-order valence-corrected chi connectivity index (χ0v) is 13.3. The van der Waals surface area contributed by atoms with Crippen molar-refractivity contribution in [3.63, 3.8) is 0 Å². The monoisotopic (exact) mass is 312 g/mol. The lowest BCUT2D eigenvalue weighted by Gasteiger charge is -2.21. The van der Waals surface area contributed by atoms with Crippen molar-refractivity contribution in [1.29, 1.82) is 0 Å². The third-order valence-corrected chi connectivity index (χ3v) is 4.74. The molecule has 19 heavy (non-hydrogen) atoms. The maximum atomic E-state index is 12.0. The van der Waals surface area contributed by atoms with E-state index in [1.165, 1.54) is 6.92 Å². The van der Waals surface area contributed by atoms with Gasteiger partial charge in [-0.1, -0.05) is 6.92 Å². The highest BCUT2D eigenvalue weighted by molar-refractivity contribution is 7.98. The first-order valence-electron chi connectivity index (χ1n) is 6.30. The minimum Gasteiger partial charge on any atom is -0.394 e. The second-order valence-corrected chi connectivity index (χ2v) is 7.18. The third kappa shape index (κ3) is 7.76. The van der Waals surface area contributed by atoms with Gasteiger partial charge in [0, 0.05) is 0 Å². The van der Waals surface area contributed by atoms with Gasteiger partial charge in [-0.05, 0) is 31.8 Å².